The molecule has 0 radical (unpaired) electrons. The molecular weight excluding hydrogens is 256 g/mol. The molecule has 1 aliphatic carbocycles. The lowest BCUT2D eigenvalue weighted by Gasteiger charge is -2.25. The van der Waals surface area contributed by atoms with Crippen molar-refractivity contribution in [3.05, 3.63) is 34.3 Å². The van der Waals surface area contributed by atoms with Gasteiger partial charge in [0.1, 0.15) is 5.78 Å². The maximum atomic E-state index is 11.4. The molecule has 0 bridgehead atoms. The molecule has 0 aromatic heterocycles. The molecule has 15 heavy (non-hydrogen) atoms. The van der Waals surface area contributed by atoms with Crippen LogP contribution in [0.15, 0.2) is 28.7 Å². The van der Waals surface area contributed by atoms with Gasteiger partial charge in [0, 0.05) is 17.3 Å². The first-order valence-corrected chi connectivity index (χ1v) is 5.89. The average molecular weight is 269 g/mol. The Hall–Kier alpha value is -0.670. The van der Waals surface area contributed by atoms with Crippen molar-refractivity contribution in [2.45, 2.75) is 31.3 Å². The molecule has 1 fully saturated rings. The highest BCUT2D eigenvalue weighted by molar-refractivity contribution is 9.10. The topological polar surface area (TPSA) is 37.3 Å². The van der Waals surface area contributed by atoms with Crippen molar-refractivity contribution >= 4 is 21.7 Å². The summed E-state index contributed by atoms with van der Waals surface area (Å²) in [5.41, 5.74) is 1.14. The van der Waals surface area contributed by atoms with Crippen LogP contribution >= 0.6 is 15.9 Å². The van der Waals surface area contributed by atoms with E-state index < -0.39 is 6.10 Å². The Morgan fingerprint density at radius 3 is 2.47 bits per heavy atom. The van der Waals surface area contributed by atoms with Gasteiger partial charge in [0.2, 0.25) is 0 Å². The lowest BCUT2D eigenvalue weighted by atomic mass is 9.82. The van der Waals surface area contributed by atoms with Gasteiger partial charge in [-0.15, -0.1) is 0 Å². The van der Waals surface area contributed by atoms with Crippen molar-refractivity contribution in [2.24, 2.45) is 0 Å². The zero-order valence-corrected chi connectivity index (χ0v) is 9.90. The maximum Gasteiger partial charge on any atom is 0.136 e. The molecule has 1 N–H and O–H groups in total. The maximum absolute atomic E-state index is 11.4. The van der Waals surface area contributed by atoms with Crippen LogP contribution in [-0.4, -0.2) is 17.0 Å². The number of benzene rings is 1. The van der Waals surface area contributed by atoms with Crippen molar-refractivity contribution in [1.29, 1.82) is 0 Å². The van der Waals surface area contributed by atoms with Gasteiger partial charge in [0.25, 0.3) is 0 Å². The first-order chi connectivity index (χ1) is 7.15. The fourth-order valence-electron chi connectivity index (χ4n) is 2.10. The zero-order chi connectivity index (χ0) is 10.8. The van der Waals surface area contributed by atoms with Crippen LogP contribution in [0.2, 0.25) is 0 Å². The summed E-state index contributed by atoms with van der Waals surface area (Å²) in [5.74, 6) is 0.357. The van der Waals surface area contributed by atoms with E-state index in [2.05, 4.69) is 15.9 Å². The molecule has 1 saturated carbocycles. The zero-order valence-electron chi connectivity index (χ0n) is 8.32. The molecule has 1 aliphatic rings. The molecule has 80 valence electrons. The van der Waals surface area contributed by atoms with Crippen LogP contribution in [0, 0.1) is 0 Å². The molecule has 0 spiro atoms. The lowest BCUT2D eigenvalue weighted by Crippen LogP contribution is -2.25. The summed E-state index contributed by atoms with van der Waals surface area (Å²) in [6, 6.07) is 7.97. The predicted octanol–water partition coefficient (Wildman–Crippen LogP) is 2.65. The molecule has 0 unspecified atom stereocenters. The summed E-state index contributed by atoms with van der Waals surface area (Å²) in [5, 5.41) is 9.54. The van der Waals surface area contributed by atoms with Gasteiger partial charge in [-0.05, 0) is 30.0 Å². The van der Waals surface area contributed by atoms with E-state index in [4.69, 9.17) is 0 Å². The molecule has 1 aromatic rings. The minimum absolute atomic E-state index is 0.168. The quantitative estimate of drug-likeness (QED) is 0.851. The lowest BCUT2D eigenvalue weighted by molar-refractivity contribution is -0.123. The Labute approximate surface area is 97.4 Å². The van der Waals surface area contributed by atoms with E-state index in [9.17, 15) is 9.90 Å². The van der Waals surface area contributed by atoms with Gasteiger partial charge in [0.05, 0.1) is 6.10 Å². The number of Topliss-reactive ketones (excluding diaryl/α,β-unsaturated/α-hetero) is 1. The van der Waals surface area contributed by atoms with Crippen LogP contribution < -0.4 is 0 Å². The van der Waals surface area contributed by atoms with Gasteiger partial charge >= 0.3 is 0 Å². The van der Waals surface area contributed by atoms with Crippen molar-refractivity contribution in [3.63, 3.8) is 0 Å². The number of aliphatic hydroxyl groups excluding tert-OH is 1. The summed E-state index contributed by atoms with van der Waals surface area (Å²) in [4.78, 5) is 11.4. The van der Waals surface area contributed by atoms with Gasteiger partial charge < -0.3 is 5.11 Å². The van der Waals surface area contributed by atoms with Gasteiger partial charge in [-0.2, -0.15) is 0 Å². The van der Waals surface area contributed by atoms with E-state index in [1.165, 1.54) is 0 Å². The van der Waals surface area contributed by atoms with Crippen LogP contribution in [0.3, 0.4) is 0 Å². The molecular formula is C12H13BrO2. The van der Waals surface area contributed by atoms with Crippen molar-refractivity contribution < 1.29 is 9.90 Å². The molecule has 1 aromatic carbocycles. The molecule has 0 aliphatic heterocycles. The molecule has 2 atom stereocenters. The first-order valence-electron chi connectivity index (χ1n) is 5.10. The van der Waals surface area contributed by atoms with E-state index in [-0.39, 0.29) is 11.7 Å². The van der Waals surface area contributed by atoms with Gasteiger partial charge in [-0.25, -0.2) is 0 Å². The van der Waals surface area contributed by atoms with E-state index >= 15 is 0 Å². The number of halogens is 1. The normalized spacial score (nSPS) is 26.7. The van der Waals surface area contributed by atoms with Gasteiger partial charge in [0.15, 0.2) is 0 Å². The van der Waals surface area contributed by atoms with Crippen molar-refractivity contribution in [2.75, 3.05) is 0 Å². The minimum Gasteiger partial charge on any atom is -0.393 e. The highest BCUT2D eigenvalue weighted by atomic mass is 79.9. The van der Waals surface area contributed by atoms with Crippen molar-refractivity contribution in [1.82, 2.24) is 0 Å². The van der Waals surface area contributed by atoms with Crippen LogP contribution in [0.1, 0.15) is 30.7 Å². The van der Waals surface area contributed by atoms with Crippen LogP contribution in [0.5, 0.6) is 0 Å². The molecule has 0 saturated heterocycles. The van der Waals surface area contributed by atoms with E-state index in [0.29, 0.717) is 19.3 Å². The highest BCUT2D eigenvalue weighted by Gasteiger charge is 2.26. The largest absolute Gasteiger partial charge is 0.393 e. The highest BCUT2D eigenvalue weighted by Crippen LogP contribution is 2.31. The fourth-order valence-corrected chi connectivity index (χ4v) is 2.37. The minimum atomic E-state index is -0.458. The number of hydrogen-bond donors (Lipinski definition) is 1. The second kappa shape index (κ2) is 4.45. The Kier molecular flexibility index (Phi) is 3.22. The summed E-state index contributed by atoms with van der Waals surface area (Å²) in [7, 11) is 0. The Balaban J connectivity index is 2.16. The van der Waals surface area contributed by atoms with Gasteiger partial charge in [-0.1, -0.05) is 28.1 Å². The van der Waals surface area contributed by atoms with E-state index in [0.717, 1.165) is 10.0 Å². The average Bonchev–Trinajstić information content (AvgIpc) is 2.17. The van der Waals surface area contributed by atoms with Crippen molar-refractivity contribution in [3.8, 4) is 0 Å². The molecule has 2 nitrogen and oxygen atoms in total. The molecule has 0 heterocycles. The first kappa shape index (κ1) is 10.8. The number of aliphatic hydroxyl groups is 1. The summed E-state index contributed by atoms with van der Waals surface area (Å²) >= 11 is 3.38. The molecule has 0 amide bonds. The summed E-state index contributed by atoms with van der Waals surface area (Å²) in [6.45, 7) is 0. The van der Waals surface area contributed by atoms with E-state index in [1.54, 1.807) is 0 Å². The second-order valence-corrected chi connectivity index (χ2v) is 5.00. The number of rotatable bonds is 1. The SMILES string of the molecule is O=C1C[C@@H](O)C[C@H](c2ccc(Br)cc2)C1. The van der Waals surface area contributed by atoms with Crippen LogP contribution in [0.25, 0.3) is 0 Å². The monoisotopic (exact) mass is 268 g/mol. The smallest absolute Gasteiger partial charge is 0.136 e. The Morgan fingerprint density at radius 2 is 1.87 bits per heavy atom. The van der Waals surface area contributed by atoms with E-state index in [1.807, 2.05) is 24.3 Å². The predicted molar refractivity (Wildman–Crippen MR) is 61.7 cm³/mol. The third-order valence-corrected chi connectivity index (χ3v) is 3.36. The van der Waals surface area contributed by atoms with Crippen LogP contribution in [0.4, 0.5) is 0 Å². The molecule has 3 heteroatoms. The third kappa shape index (κ3) is 2.67. The fraction of sp³-hybridized carbons (Fsp3) is 0.417. The summed E-state index contributed by atoms with van der Waals surface area (Å²) < 4.78 is 1.04. The summed E-state index contributed by atoms with van der Waals surface area (Å²) in [6.07, 6.45) is 1.14. The number of carbonyl (C=O) groups excluding carboxylic acids is 1. The number of hydrogen-bond acceptors (Lipinski definition) is 2. The van der Waals surface area contributed by atoms with Gasteiger partial charge in [-0.3, -0.25) is 4.79 Å². The molecule has 2 rings (SSSR count). The number of carbonyl (C=O) groups is 1. The number of ketones is 1. The van der Waals surface area contributed by atoms with Crippen LogP contribution in [-0.2, 0) is 4.79 Å². The Bertz CT molecular complexity index is 358. The standard InChI is InChI=1S/C12H13BrO2/c13-10-3-1-8(2-4-10)9-5-11(14)7-12(15)6-9/h1-4,9,11,14H,5-7H2/t9-,11-/m0/s1. The second-order valence-electron chi connectivity index (χ2n) is 4.08. The Morgan fingerprint density at radius 1 is 1.20 bits per heavy atom. The third-order valence-electron chi connectivity index (χ3n) is 2.84.